The molecular weight excluding hydrogens is 282 g/mol. The average molecular weight is 292 g/mol. The van der Waals surface area contributed by atoms with Gasteiger partial charge in [-0.15, -0.1) is 0 Å². The minimum atomic E-state index is -0.378. The Hall–Kier alpha value is -1.68. The molecule has 0 radical (unpaired) electrons. The number of esters is 1. The summed E-state index contributed by atoms with van der Waals surface area (Å²) in [7, 11) is 1.35. The number of carbonyl (C=O) groups is 1. The zero-order chi connectivity index (χ0) is 12.3. The minimum absolute atomic E-state index is 0.378. The van der Waals surface area contributed by atoms with Gasteiger partial charge in [0.2, 0.25) is 0 Å². The first-order valence-corrected chi connectivity index (χ1v) is 5.81. The first-order valence-electron chi connectivity index (χ1n) is 5.01. The van der Waals surface area contributed by atoms with Gasteiger partial charge in [-0.25, -0.2) is 4.79 Å². The summed E-state index contributed by atoms with van der Waals surface area (Å²) in [5.41, 5.74) is 1.73. The highest BCUT2D eigenvalue weighted by molar-refractivity contribution is 9.10. The lowest BCUT2D eigenvalue weighted by molar-refractivity contribution is -0.134. The van der Waals surface area contributed by atoms with E-state index in [-0.39, 0.29) is 5.97 Å². The number of ether oxygens (including phenoxy) is 1. The Labute approximate surface area is 107 Å². The van der Waals surface area contributed by atoms with Crippen molar-refractivity contribution in [1.29, 1.82) is 0 Å². The summed E-state index contributed by atoms with van der Waals surface area (Å²) in [5, 5.41) is 1.01. The van der Waals surface area contributed by atoms with Crippen LogP contribution < -0.4 is 0 Å². The smallest absolute Gasteiger partial charge is 0.330 e. The molecule has 1 heterocycles. The van der Waals surface area contributed by atoms with E-state index in [1.54, 1.807) is 12.3 Å². The van der Waals surface area contributed by atoms with Gasteiger partial charge < -0.3 is 4.74 Å². The molecule has 0 saturated carbocycles. The largest absolute Gasteiger partial charge is 0.466 e. The van der Waals surface area contributed by atoms with Crippen LogP contribution in [-0.2, 0) is 9.53 Å². The molecule has 1 aromatic heterocycles. The van der Waals surface area contributed by atoms with Crippen molar-refractivity contribution in [1.82, 2.24) is 4.98 Å². The van der Waals surface area contributed by atoms with Crippen molar-refractivity contribution in [3.05, 3.63) is 46.6 Å². The number of hydrogen-bond donors (Lipinski definition) is 0. The maximum absolute atomic E-state index is 11.0. The molecular formula is C13H10BrNO2. The SMILES string of the molecule is COC(=O)/C=C/c1ccc(Br)c2cccnc12. The third kappa shape index (κ3) is 2.53. The van der Waals surface area contributed by atoms with Gasteiger partial charge in [-0.05, 0) is 18.2 Å². The van der Waals surface area contributed by atoms with Crippen LogP contribution in [0.1, 0.15) is 5.56 Å². The van der Waals surface area contributed by atoms with Crippen molar-refractivity contribution in [2.45, 2.75) is 0 Å². The quantitative estimate of drug-likeness (QED) is 0.630. The number of benzene rings is 1. The lowest BCUT2D eigenvalue weighted by Gasteiger charge is -2.03. The van der Waals surface area contributed by atoms with Crippen LogP contribution in [0, 0.1) is 0 Å². The fraction of sp³-hybridized carbons (Fsp3) is 0.0769. The summed E-state index contributed by atoms with van der Waals surface area (Å²) in [5.74, 6) is -0.378. The van der Waals surface area contributed by atoms with Gasteiger partial charge in [-0.1, -0.05) is 28.1 Å². The summed E-state index contributed by atoms with van der Waals surface area (Å²) < 4.78 is 5.53. The first kappa shape index (κ1) is 11.8. The molecule has 0 atom stereocenters. The summed E-state index contributed by atoms with van der Waals surface area (Å²) in [6.45, 7) is 0. The third-order valence-corrected chi connectivity index (χ3v) is 3.04. The fourth-order valence-electron chi connectivity index (χ4n) is 1.52. The van der Waals surface area contributed by atoms with Crippen molar-refractivity contribution in [3.8, 4) is 0 Å². The van der Waals surface area contributed by atoms with Gasteiger partial charge in [0.15, 0.2) is 0 Å². The Kier molecular flexibility index (Phi) is 3.54. The van der Waals surface area contributed by atoms with Crippen molar-refractivity contribution < 1.29 is 9.53 Å². The maximum atomic E-state index is 11.0. The van der Waals surface area contributed by atoms with Crippen LogP contribution in [-0.4, -0.2) is 18.1 Å². The van der Waals surface area contributed by atoms with E-state index in [2.05, 4.69) is 25.7 Å². The molecule has 17 heavy (non-hydrogen) atoms. The molecule has 0 amide bonds. The van der Waals surface area contributed by atoms with Gasteiger partial charge in [-0.3, -0.25) is 4.98 Å². The highest BCUT2D eigenvalue weighted by Crippen LogP contribution is 2.25. The van der Waals surface area contributed by atoms with Crippen molar-refractivity contribution >= 4 is 38.9 Å². The minimum Gasteiger partial charge on any atom is -0.466 e. The molecule has 3 nitrogen and oxygen atoms in total. The number of methoxy groups -OCH3 is 1. The molecule has 0 fully saturated rings. The van der Waals surface area contributed by atoms with Crippen molar-refractivity contribution in [2.75, 3.05) is 7.11 Å². The standard InChI is InChI=1S/C13H10BrNO2/c1-17-12(16)7-5-9-4-6-11(14)10-3-2-8-15-13(9)10/h2-8H,1H3/b7-5+. The predicted octanol–water partition coefficient (Wildman–Crippen LogP) is 3.18. The van der Waals surface area contributed by atoms with Crippen LogP contribution in [0.3, 0.4) is 0 Å². The normalized spacial score (nSPS) is 10.9. The van der Waals surface area contributed by atoms with Gasteiger partial charge >= 0.3 is 5.97 Å². The molecule has 0 aliphatic rings. The van der Waals surface area contributed by atoms with E-state index in [9.17, 15) is 4.79 Å². The molecule has 2 aromatic rings. The second-order valence-electron chi connectivity index (χ2n) is 3.39. The molecule has 0 aliphatic heterocycles. The molecule has 4 heteroatoms. The molecule has 0 N–H and O–H groups in total. The second-order valence-corrected chi connectivity index (χ2v) is 4.25. The monoisotopic (exact) mass is 291 g/mol. The predicted molar refractivity (Wildman–Crippen MR) is 70.5 cm³/mol. The number of halogens is 1. The van der Waals surface area contributed by atoms with Crippen LogP contribution >= 0.6 is 15.9 Å². The summed E-state index contributed by atoms with van der Waals surface area (Å²) in [4.78, 5) is 15.4. The van der Waals surface area contributed by atoms with E-state index < -0.39 is 0 Å². The zero-order valence-electron chi connectivity index (χ0n) is 9.18. The molecule has 0 spiro atoms. The number of carbonyl (C=O) groups excluding carboxylic acids is 1. The summed E-state index contributed by atoms with van der Waals surface area (Å²) in [6, 6.07) is 7.68. The average Bonchev–Trinajstić information content (AvgIpc) is 2.38. The highest BCUT2D eigenvalue weighted by atomic mass is 79.9. The van der Waals surface area contributed by atoms with Gasteiger partial charge in [0.05, 0.1) is 12.6 Å². The van der Waals surface area contributed by atoms with Gasteiger partial charge in [0, 0.05) is 27.7 Å². The number of pyridine rings is 1. The Morgan fingerprint density at radius 3 is 3.00 bits per heavy atom. The van der Waals surface area contributed by atoms with Gasteiger partial charge in [-0.2, -0.15) is 0 Å². The van der Waals surface area contributed by atoms with E-state index in [1.807, 2.05) is 24.3 Å². The molecule has 0 unspecified atom stereocenters. The van der Waals surface area contributed by atoms with Crippen LogP contribution in [0.4, 0.5) is 0 Å². The summed E-state index contributed by atoms with van der Waals surface area (Å²) >= 11 is 3.47. The zero-order valence-corrected chi connectivity index (χ0v) is 10.8. The fourth-order valence-corrected chi connectivity index (χ4v) is 1.97. The summed E-state index contributed by atoms with van der Waals surface area (Å²) in [6.07, 6.45) is 4.81. The van der Waals surface area contributed by atoms with Crippen molar-refractivity contribution in [3.63, 3.8) is 0 Å². The van der Waals surface area contributed by atoms with Gasteiger partial charge in [0.25, 0.3) is 0 Å². The Morgan fingerprint density at radius 1 is 1.41 bits per heavy atom. The Balaban J connectivity index is 2.52. The van der Waals surface area contributed by atoms with E-state index in [0.717, 1.165) is 20.9 Å². The van der Waals surface area contributed by atoms with E-state index >= 15 is 0 Å². The molecule has 0 bridgehead atoms. The molecule has 2 rings (SSSR count). The van der Waals surface area contributed by atoms with E-state index in [0.29, 0.717) is 0 Å². The lowest BCUT2D eigenvalue weighted by Crippen LogP contribution is -1.93. The maximum Gasteiger partial charge on any atom is 0.330 e. The van der Waals surface area contributed by atoms with E-state index in [4.69, 9.17) is 0 Å². The van der Waals surface area contributed by atoms with Crippen LogP contribution in [0.5, 0.6) is 0 Å². The number of fused-ring (bicyclic) bond motifs is 1. The number of rotatable bonds is 2. The molecule has 0 aliphatic carbocycles. The van der Waals surface area contributed by atoms with Gasteiger partial charge in [0.1, 0.15) is 0 Å². The van der Waals surface area contributed by atoms with Crippen molar-refractivity contribution in [2.24, 2.45) is 0 Å². The molecule has 0 saturated heterocycles. The highest BCUT2D eigenvalue weighted by Gasteiger charge is 2.03. The Bertz CT molecular complexity index is 593. The first-order chi connectivity index (χ1) is 8.22. The van der Waals surface area contributed by atoms with E-state index in [1.165, 1.54) is 13.2 Å². The topological polar surface area (TPSA) is 39.2 Å². The number of aromatic nitrogens is 1. The molecule has 1 aromatic carbocycles. The van der Waals surface area contributed by atoms with Crippen LogP contribution in [0.15, 0.2) is 41.0 Å². The third-order valence-electron chi connectivity index (χ3n) is 2.35. The lowest BCUT2D eigenvalue weighted by atomic mass is 10.1. The molecule has 86 valence electrons. The van der Waals surface area contributed by atoms with Crippen LogP contribution in [0.2, 0.25) is 0 Å². The number of nitrogens with zero attached hydrogens (tertiary/aromatic N) is 1. The number of hydrogen-bond acceptors (Lipinski definition) is 3. The second kappa shape index (κ2) is 5.10. The Morgan fingerprint density at radius 2 is 2.24 bits per heavy atom. The van der Waals surface area contributed by atoms with Crippen LogP contribution in [0.25, 0.3) is 17.0 Å².